The highest BCUT2D eigenvalue weighted by Gasteiger charge is 2.20. The Morgan fingerprint density at radius 1 is 1.30 bits per heavy atom. The molecule has 0 saturated heterocycles. The Bertz CT molecular complexity index is 472. The topological polar surface area (TPSA) is 36.3 Å². The molecule has 1 aliphatic carbocycles. The number of hydrogen-bond acceptors (Lipinski definition) is 3. The molecule has 108 valence electrons. The third-order valence-corrected chi connectivity index (χ3v) is 4.27. The van der Waals surface area contributed by atoms with Crippen LogP contribution in [-0.2, 0) is 6.54 Å². The van der Waals surface area contributed by atoms with Crippen molar-refractivity contribution in [2.24, 2.45) is 0 Å². The molecule has 0 unspecified atom stereocenters. The van der Waals surface area contributed by atoms with Crippen LogP contribution in [0.2, 0.25) is 0 Å². The smallest absolute Gasteiger partial charge is 0.136 e. The van der Waals surface area contributed by atoms with Gasteiger partial charge in [-0.25, -0.2) is 0 Å². The van der Waals surface area contributed by atoms with Gasteiger partial charge >= 0.3 is 0 Å². The molecule has 0 atom stereocenters. The van der Waals surface area contributed by atoms with Crippen molar-refractivity contribution in [3.05, 3.63) is 29.3 Å². The van der Waals surface area contributed by atoms with Crippen molar-refractivity contribution in [2.75, 3.05) is 13.7 Å². The maximum absolute atomic E-state index is 9.03. The number of methoxy groups -OCH3 is 1. The van der Waals surface area contributed by atoms with Gasteiger partial charge in [-0.2, -0.15) is 5.26 Å². The third-order valence-electron chi connectivity index (χ3n) is 4.27. The minimum Gasteiger partial charge on any atom is -0.495 e. The molecule has 0 bridgehead atoms. The maximum Gasteiger partial charge on any atom is 0.136 e. The summed E-state index contributed by atoms with van der Waals surface area (Å²) >= 11 is 0. The van der Waals surface area contributed by atoms with Crippen LogP contribution < -0.4 is 4.74 Å². The third kappa shape index (κ3) is 3.52. The molecular formula is C17H24N2O. The van der Waals surface area contributed by atoms with E-state index in [1.165, 1.54) is 37.7 Å². The highest BCUT2D eigenvalue weighted by atomic mass is 16.5. The molecule has 1 aromatic carbocycles. The van der Waals surface area contributed by atoms with Crippen LogP contribution in [0.15, 0.2) is 18.2 Å². The SMILES string of the molecule is CCN(Cc1ccc(C#N)c(OC)c1)C1CCCCC1. The fraction of sp³-hybridized carbons (Fsp3) is 0.588. The molecule has 2 rings (SSSR count). The molecule has 0 spiro atoms. The monoisotopic (exact) mass is 272 g/mol. The summed E-state index contributed by atoms with van der Waals surface area (Å²) in [7, 11) is 1.62. The van der Waals surface area contributed by atoms with E-state index in [-0.39, 0.29) is 0 Å². The van der Waals surface area contributed by atoms with E-state index in [0.717, 1.165) is 19.1 Å². The normalized spacial score (nSPS) is 16.1. The van der Waals surface area contributed by atoms with Crippen LogP contribution in [0, 0.1) is 11.3 Å². The molecule has 20 heavy (non-hydrogen) atoms. The number of ether oxygens (including phenoxy) is 1. The summed E-state index contributed by atoms with van der Waals surface area (Å²) in [5.41, 5.74) is 1.84. The summed E-state index contributed by atoms with van der Waals surface area (Å²) in [5.74, 6) is 0.685. The van der Waals surface area contributed by atoms with Gasteiger partial charge in [0.2, 0.25) is 0 Å². The zero-order valence-electron chi connectivity index (χ0n) is 12.6. The Kier molecular flexibility index (Phi) is 5.43. The highest BCUT2D eigenvalue weighted by molar-refractivity contribution is 5.45. The molecule has 0 aromatic heterocycles. The first-order valence-corrected chi connectivity index (χ1v) is 7.59. The predicted octanol–water partition coefficient (Wildman–Crippen LogP) is 3.72. The van der Waals surface area contributed by atoms with Crippen LogP contribution in [-0.4, -0.2) is 24.6 Å². The van der Waals surface area contributed by atoms with Crippen LogP contribution in [0.3, 0.4) is 0 Å². The lowest BCUT2D eigenvalue weighted by molar-refractivity contribution is 0.156. The second-order valence-corrected chi connectivity index (χ2v) is 5.50. The standard InChI is InChI=1S/C17H24N2O/c1-3-19(16-7-5-4-6-8-16)13-14-9-10-15(12-18)17(11-14)20-2/h9-11,16H,3-8,13H2,1-2H3. The molecule has 3 nitrogen and oxygen atoms in total. The highest BCUT2D eigenvalue weighted by Crippen LogP contribution is 2.25. The van der Waals surface area contributed by atoms with Gasteiger partial charge in [0.25, 0.3) is 0 Å². The predicted molar refractivity (Wildman–Crippen MR) is 80.7 cm³/mol. The first-order chi connectivity index (χ1) is 9.78. The Labute approximate surface area is 122 Å². The first kappa shape index (κ1) is 14.9. The van der Waals surface area contributed by atoms with Gasteiger partial charge in [-0.1, -0.05) is 32.3 Å². The van der Waals surface area contributed by atoms with E-state index in [4.69, 9.17) is 10.00 Å². The van der Waals surface area contributed by atoms with Gasteiger partial charge in [-0.3, -0.25) is 4.90 Å². The van der Waals surface area contributed by atoms with E-state index in [9.17, 15) is 0 Å². The Morgan fingerprint density at radius 2 is 2.05 bits per heavy atom. The van der Waals surface area contributed by atoms with Gasteiger partial charge in [0.15, 0.2) is 0 Å². The lowest BCUT2D eigenvalue weighted by Gasteiger charge is -2.33. The van der Waals surface area contributed by atoms with Gasteiger partial charge in [-0.15, -0.1) is 0 Å². The van der Waals surface area contributed by atoms with Gasteiger partial charge < -0.3 is 4.74 Å². The van der Waals surface area contributed by atoms with Crippen LogP contribution >= 0.6 is 0 Å². The molecule has 0 N–H and O–H groups in total. The molecule has 1 aromatic rings. The summed E-state index contributed by atoms with van der Waals surface area (Å²) in [5, 5.41) is 9.03. The van der Waals surface area contributed by atoms with Gasteiger partial charge in [0.1, 0.15) is 11.8 Å². The maximum atomic E-state index is 9.03. The van der Waals surface area contributed by atoms with Crippen LogP contribution in [0.25, 0.3) is 0 Å². The number of nitriles is 1. The van der Waals surface area contributed by atoms with Gasteiger partial charge in [-0.05, 0) is 37.1 Å². The van der Waals surface area contributed by atoms with Crippen LogP contribution in [0.5, 0.6) is 5.75 Å². The van der Waals surface area contributed by atoms with E-state index in [1.807, 2.05) is 18.2 Å². The quantitative estimate of drug-likeness (QED) is 0.819. The lowest BCUT2D eigenvalue weighted by atomic mass is 9.94. The van der Waals surface area contributed by atoms with Crippen molar-refractivity contribution in [3.63, 3.8) is 0 Å². The average molecular weight is 272 g/mol. The van der Waals surface area contributed by atoms with Crippen molar-refractivity contribution < 1.29 is 4.74 Å². The number of hydrogen-bond donors (Lipinski definition) is 0. The number of rotatable bonds is 5. The zero-order chi connectivity index (χ0) is 14.4. The molecule has 0 amide bonds. The fourth-order valence-corrected chi connectivity index (χ4v) is 3.11. The van der Waals surface area contributed by atoms with Crippen molar-refractivity contribution in [1.82, 2.24) is 4.90 Å². The molecule has 0 aliphatic heterocycles. The van der Waals surface area contributed by atoms with Crippen LogP contribution in [0.1, 0.15) is 50.2 Å². The van der Waals surface area contributed by atoms with Crippen LogP contribution in [0.4, 0.5) is 0 Å². The average Bonchev–Trinajstić information content (AvgIpc) is 2.53. The van der Waals surface area contributed by atoms with Crippen molar-refractivity contribution >= 4 is 0 Å². The Hall–Kier alpha value is -1.53. The Balaban J connectivity index is 2.09. The minimum absolute atomic E-state index is 0.608. The van der Waals surface area contributed by atoms with E-state index in [0.29, 0.717) is 11.3 Å². The summed E-state index contributed by atoms with van der Waals surface area (Å²) < 4.78 is 5.30. The largest absolute Gasteiger partial charge is 0.495 e. The van der Waals surface area contributed by atoms with E-state index in [1.54, 1.807) is 7.11 Å². The lowest BCUT2D eigenvalue weighted by Crippen LogP contribution is -2.36. The van der Waals surface area contributed by atoms with E-state index < -0.39 is 0 Å². The fourth-order valence-electron chi connectivity index (χ4n) is 3.11. The van der Waals surface area contributed by atoms with Crippen molar-refractivity contribution in [3.8, 4) is 11.8 Å². The molecule has 1 aliphatic rings. The van der Waals surface area contributed by atoms with Crippen molar-refractivity contribution in [1.29, 1.82) is 5.26 Å². The van der Waals surface area contributed by atoms with E-state index in [2.05, 4.69) is 17.9 Å². The zero-order valence-corrected chi connectivity index (χ0v) is 12.6. The number of nitrogens with zero attached hydrogens (tertiary/aromatic N) is 2. The van der Waals surface area contributed by atoms with Gasteiger partial charge in [0, 0.05) is 12.6 Å². The first-order valence-electron chi connectivity index (χ1n) is 7.59. The summed E-state index contributed by atoms with van der Waals surface area (Å²) in [6.45, 7) is 4.26. The summed E-state index contributed by atoms with van der Waals surface area (Å²) in [6.07, 6.45) is 6.75. The minimum atomic E-state index is 0.608. The molecular weight excluding hydrogens is 248 g/mol. The molecule has 1 saturated carbocycles. The molecule has 0 heterocycles. The second kappa shape index (κ2) is 7.31. The summed E-state index contributed by atoms with van der Waals surface area (Å²) in [6, 6.07) is 8.80. The number of benzene rings is 1. The van der Waals surface area contributed by atoms with Crippen molar-refractivity contribution in [2.45, 2.75) is 51.6 Å². The molecule has 3 heteroatoms. The summed E-state index contributed by atoms with van der Waals surface area (Å²) in [4.78, 5) is 2.56. The molecule has 1 fully saturated rings. The molecule has 0 radical (unpaired) electrons. The Morgan fingerprint density at radius 3 is 2.65 bits per heavy atom. The van der Waals surface area contributed by atoms with Gasteiger partial charge in [0.05, 0.1) is 12.7 Å². The second-order valence-electron chi connectivity index (χ2n) is 5.50. The van der Waals surface area contributed by atoms with E-state index >= 15 is 0 Å².